The highest BCUT2D eigenvalue weighted by Crippen LogP contribution is 2.33. The molecule has 0 atom stereocenters. The first-order chi connectivity index (χ1) is 21.8. The first-order valence-corrected chi connectivity index (χ1v) is 14.8. The fraction of sp³-hybridized carbons (Fsp3) is 0. The predicted molar refractivity (Wildman–Crippen MR) is 181 cm³/mol. The Balaban J connectivity index is 0.987. The third-order valence-electron chi connectivity index (χ3n) is 8.61. The van der Waals surface area contributed by atoms with Crippen molar-refractivity contribution in [1.82, 2.24) is 19.2 Å². The number of benzene rings is 5. The van der Waals surface area contributed by atoms with Gasteiger partial charge in [-0.3, -0.25) is 4.98 Å². The van der Waals surface area contributed by atoms with Gasteiger partial charge in [-0.1, -0.05) is 103 Å². The van der Waals surface area contributed by atoms with Gasteiger partial charge in [-0.25, -0.2) is 4.52 Å². The molecule has 0 aliphatic rings. The molecule has 0 N–H and O–H groups in total. The zero-order chi connectivity index (χ0) is 29.0. The van der Waals surface area contributed by atoms with Gasteiger partial charge in [-0.2, -0.15) is 5.10 Å². The van der Waals surface area contributed by atoms with Crippen molar-refractivity contribution in [3.63, 3.8) is 0 Å². The van der Waals surface area contributed by atoms with Crippen molar-refractivity contribution in [2.24, 2.45) is 0 Å². The Morgan fingerprint density at radius 3 is 1.73 bits per heavy atom. The molecule has 0 fully saturated rings. The van der Waals surface area contributed by atoms with Crippen molar-refractivity contribution in [3.05, 3.63) is 158 Å². The summed E-state index contributed by atoms with van der Waals surface area (Å²) in [4.78, 5) is 4.83. The van der Waals surface area contributed by atoms with Crippen LogP contribution < -0.4 is 0 Å². The molecule has 4 aromatic heterocycles. The van der Waals surface area contributed by atoms with E-state index in [-0.39, 0.29) is 0 Å². The van der Waals surface area contributed by atoms with E-state index in [1.54, 1.807) is 0 Å². The van der Waals surface area contributed by atoms with Gasteiger partial charge in [-0.05, 0) is 54.1 Å². The lowest BCUT2D eigenvalue weighted by molar-refractivity contribution is 1.01. The summed E-state index contributed by atoms with van der Waals surface area (Å²) in [5.74, 6) is 0. The Morgan fingerprint density at radius 2 is 1.02 bits per heavy atom. The molecule has 0 amide bonds. The second kappa shape index (κ2) is 9.79. The molecule has 0 radical (unpaired) electrons. The summed E-state index contributed by atoms with van der Waals surface area (Å²) in [6, 6.07) is 53.5. The number of hydrogen-bond acceptors (Lipinski definition) is 2. The molecular weight excluding hydrogens is 536 g/mol. The van der Waals surface area contributed by atoms with Gasteiger partial charge in [0.15, 0.2) is 0 Å². The lowest BCUT2D eigenvalue weighted by Crippen LogP contribution is -1.94. The number of rotatable bonds is 4. The van der Waals surface area contributed by atoms with Crippen LogP contribution in [-0.4, -0.2) is 19.2 Å². The van der Waals surface area contributed by atoms with Crippen molar-refractivity contribution in [2.75, 3.05) is 0 Å². The first-order valence-electron chi connectivity index (χ1n) is 14.8. The van der Waals surface area contributed by atoms with Crippen LogP contribution in [0.5, 0.6) is 0 Å². The molecule has 4 nitrogen and oxygen atoms in total. The molecule has 4 heterocycles. The maximum Gasteiger partial charge on any atom is 0.0933 e. The number of para-hydroxylation sites is 3. The van der Waals surface area contributed by atoms with E-state index in [4.69, 9.17) is 10.1 Å². The molecule has 0 aliphatic heterocycles. The lowest BCUT2D eigenvalue weighted by atomic mass is 10.0. The number of hydrogen-bond donors (Lipinski definition) is 0. The monoisotopic (exact) mass is 562 g/mol. The fourth-order valence-corrected chi connectivity index (χ4v) is 6.40. The van der Waals surface area contributed by atoms with Crippen LogP contribution >= 0.6 is 0 Å². The summed E-state index contributed by atoms with van der Waals surface area (Å²) in [5, 5.41) is 8.63. The quantitative estimate of drug-likeness (QED) is 0.214. The Hall–Kier alpha value is -6.00. The van der Waals surface area contributed by atoms with Crippen LogP contribution in [0.1, 0.15) is 0 Å². The van der Waals surface area contributed by atoms with E-state index >= 15 is 0 Å². The first kappa shape index (κ1) is 24.6. The third-order valence-corrected chi connectivity index (χ3v) is 8.61. The highest BCUT2D eigenvalue weighted by molar-refractivity contribution is 6.09. The van der Waals surface area contributed by atoms with Crippen molar-refractivity contribution in [1.29, 1.82) is 0 Å². The lowest BCUT2D eigenvalue weighted by Gasteiger charge is -2.09. The second-order valence-electron chi connectivity index (χ2n) is 11.2. The van der Waals surface area contributed by atoms with E-state index in [1.807, 2.05) is 10.7 Å². The van der Waals surface area contributed by atoms with Gasteiger partial charge >= 0.3 is 0 Å². The molecule has 9 aromatic rings. The average molecular weight is 563 g/mol. The van der Waals surface area contributed by atoms with E-state index < -0.39 is 0 Å². The van der Waals surface area contributed by atoms with Crippen LogP contribution in [0, 0.1) is 0 Å². The number of aromatic nitrogens is 4. The molecule has 0 aliphatic carbocycles. The topological polar surface area (TPSA) is 35.1 Å². The number of pyridine rings is 2. The summed E-state index contributed by atoms with van der Waals surface area (Å²) >= 11 is 0. The van der Waals surface area contributed by atoms with Crippen molar-refractivity contribution < 1.29 is 0 Å². The van der Waals surface area contributed by atoms with Gasteiger partial charge in [0.2, 0.25) is 0 Å². The minimum absolute atomic E-state index is 0.955. The van der Waals surface area contributed by atoms with Crippen LogP contribution in [0.25, 0.3) is 77.6 Å². The second-order valence-corrected chi connectivity index (χ2v) is 11.2. The van der Waals surface area contributed by atoms with Crippen LogP contribution in [0.15, 0.2) is 158 Å². The molecule has 0 saturated heterocycles. The van der Waals surface area contributed by atoms with Crippen LogP contribution in [0.2, 0.25) is 0 Å². The van der Waals surface area contributed by atoms with E-state index in [0.29, 0.717) is 0 Å². The van der Waals surface area contributed by atoms with Crippen LogP contribution in [-0.2, 0) is 0 Å². The molecule has 0 unspecified atom stereocenters. The Kier molecular flexibility index (Phi) is 5.47. The molecule has 206 valence electrons. The molecule has 0 saturated carbocycles. The molecule has 0 spiro atoms. The van der Waals surface area contributed by atoms with Crippen LogP contribution in [0.4, 0.5) is 0 Å². The fourth-order valence-electron chi connectivity index (χ4n) is 6.40. The normalized spacial score (nSPS) is 11.6. The highest BCUT2D eigenvalue weighted by Gasteiger charge is 2.12. The highest BCUT2D eigenvalue weighted by atomic mass is 15.2. The van der Waals surface area contributed by atoms with E-state index in [2.05, 4.69) is 156 Å². The summed E-state index contributed by atoms with van der Waals surface area (Å²) in [5.41, 5.74) is 12.1. The standard InChI is InChI=1S/C40H26N4/c1-4-10-38-30(7-1)19-23-33-25-37(42-44(33)38)29-15-13-27(14-16-29)31-20-24-36(41-26-31)28-17-21-32(22-18-28)43-39-11-5-2-8-34(39)35-9-3-6-12-40(35)43/h1-26H. The van der Waals surface area contributed by atoms with E-state index in [1.165, 1.54) is 27.2 Å². The molecule has 5 aromatic carbocycles. The van der Waals surface area contributed by atoms with Gasteiger partial charge in [0.1, 0.15) is 0 Å². The molecule has 44 heavy (non-hydrogen) atoms. The van der Waals surface area contributed by atoms with Crippen molar-refractivity contribution >= 4 is 38.2 Å². The molecule has 4 heteroatoms. The van der Waals surface area contributed by atoms with Gasteiger partial charge in [0.05, 0.1) is 33.5 Å². The number of nitrogens with zero attached hydrogens (tertiary/aromatic N) is 4. The minimum Gasteiger partial charge on any atom is -0.309 e. The minimum atomic E-state index is 0.955. The Bertz CT molecular complexity index is 2410. The summed E-state index contributed by atoms with van der Waals surface area (Å²) in [6.45, 7) is 0. The predicted octanol–water partition coefficient (Wildman–Crippen LogP) is 9.98. The summed E-state index contributed by atoms with van der Waals surface area (Å²) in [7, 11) is 0. The molecular formula is C40H26N4. The zero-order valence-corrected chi connectivity index (χ0v) is 23.8. The zero-order valence-electron chi connectivity index (χ0n) is 23.8. The van der Waals surface area contributed by atoms with E-state index in [0.717, 1.165) is 50.4 Å². The summed E-state index contributed by atoms with van der Waals surface area (Å²) < 4.78 is 4.36. The van der Waals surface area contributed by atoms with Crippen molar-refractivity contribution in [2.45, 2.75) is 0 Å². The Morgan fingerprint density at radius 1 is 0.432 bits per heavy atom. The maximum absolute atomic E-state index is 4.91. The maximum atomic E-state index is 4.91. The largest absolute Gasteiger partial charge is 0.309 e. The molecule has 9 rings (SSSR count). The summed E-state index contributed by atoms with van der Waals surface area (Å²) in [6.07, 6.45) is 1.96. The molecule has 0 bridgehead atoms. The number of fused-ring (bicyclic) bond motifs is 6. The third kappa shape index (κ3) is 3.92. The Labute approximate surface area is 254 Å². The van der Waals surface area contributed by atoms with Crippen molar-refractivity contribution in [3.8, 4) is 39.3 Å². The van der Waals surface area contributed by atoms with Crippen LogP contribution in [0.3, 0.4) is 0 Å². The SMILES string of the molecule is c1ccc2c(c1)ccc1cc(-c3ccc(-c4ccc(-c5ccc(-n6c7ccccc7c7ccccc76)cc5)nc4)cc3)nn12. The smallest absolute Gasteiger partial charge is 0.0933 e. The average Bonchev–Trinajstić information content (AvgIpc) is 3.69. The van der Waals surface area contributed by atoms with E-state index in [9.17, 15) is 0 Å². The van der Waals surface area contributed by atoms with Gasteiger partial charge in [0.25, 0.3) is 0 Å². The van der Waals surface area contributed by atoms with Gasteiger partial charge < -0.3 is 4.57 Å². The van der Waals surface area contributed by atoms with Gasteiger partial charge in [-0.15, -0.1) is 0 Å². The van der Waals surface area contributed by atoms with Gasteiger partial charge in [0, 0.05) is 44.7 Å².